The molecule has 2 heterocycles. The minimum absolute atomic E-state index is 0.251. The van der Waals surface area contributed by atoms with Crippen LogP contribution in [0.4, 0.5) is 0 Å². The first kappa shape index (κ1) is 13.5. The summed E-state index contributed by atoms with van der Waals surface area (Å²) in [4.78, 5) is 4.45. The lowest BCUT2D eigenvalue weighted by atomic mass is 10.0. The molecular formula is C13H19N5O. The summed E-state index contributed by atoms with van der Waals surface area (Å²) >= 11 is 0. The van der Waals surface area contributed by atoms with Gasteiger partial charge in [0.2, 0.25) is 0 Å². The molecule has 1 unspecified atom stereocenters. The first-order valence-corrected chi connectivity index (χ1v) is 6.18. The van der Waals surface area contributed by atoms with Crippen LogP contribution in [-0.4, -0.2) is 21.9 Å². The Morgan fingerprint density at radius 3 is 2.95 bits per heavy atom. The van der Waals surface area contributed by atoms with E-state index in [1.807, 2.05) is 13.1 Å². The monoisotopic (exact) mass is 261 g/mol. The number of methoxy groups -OCH3 is 1. The fraction of sp³-hybridized carbons (Fsp3) is 0.385. The standard InChI is InChI=1S/C13H19N5O/c1-4-9-6-5-7-15-11(9)12(17-14)13-10(19-3)8-16-18(13)2/h5-8,12,17H,4,14H2,1-3H3. The van der Waals surface area contributed by atoms with Gasteiger partial charge in [0.05, 0.1) is 19.0 Å². The minimum atomic E-state index is -0.251. The summed E-state index contributed by atoms with van der Waals surface area (Å²) in [5.41, 5.74) is 5.71. The highest BCUT2D eigenvalue weighted by Crippen LogP contribution is 2.29. The summed E-state index contributed by atoms with van der Waals surface area (Å²) in [6.45, 7) is 2.09. The van der Waals surface area contributed by atoms with E-state index in [1.165, 1.54) is 0 Å². The Morgan fingerprint density at radius 2 is 2.32 bits per heavy atom. The van der Waals surface area contributed by atoms with Crippen LogP contribution in [-0.2, 0) is 13.5 Å². The molecule has 6 heteroatoms. The molecule has 1 atom stereocenters. The fourth-order valence-electron chi connectivity index (χ4n) is 2.21. The van der Waals surface area contributed by atoms with Gasteiger partial charge < -0.3 is 4.74 Å². The van der Waals surface area contributed by atoms with Crippen LogP contribution in [0.1, 0.15) is 29.9 Å². The van der Waals surface area contributed by atoms with E-state index < -0.39 is 0 Å². The Labute approximate surface area is 112 Å². The summed E-state index contributed by atoms with van der Waals surface area (Å²) in [6.07, 6.45) is 4.33. The van der Waals surface area contributed by atoms with E-state index in [-0.39, 0.29) is 6.04 Å². The van der Waals surface area contributed by atoms with Crippen molar-refractivity contribution < 1.29 is 4.74 Å². The average molecular weight is 261 g/mol. The van der Waals surface area contributed by atoms with E-state index in [0.717, 1.165) is 23.4 Å². The van der Waals surface area contributed by atoms with Gasteiger partial charge in [0, 0.05) is 13.2 Å². The second-order valence-corrected chi connectivity index (χ2v) is 4.22. The molecule has 0 saturated carbocycles. The molecule has 0 aliphatic carbocycles. The zero-order valence-corrected chi connectivity index (χ0v) is 11.4. The molecule has 0 aliphatic rings. The molecule has 2 aromatic rings. The van der Waals surface area contributed by atoms with Crippen molar-refractivity contribution in [3.63, 3.8) is 0 Å². The maximum Gasteiger partial charge on any atom is 0.162 e. The molecule has 0 saturated heterocycles. The van der Waals surface area contributed by atoms with E-state index in [2.05, 4.69) is 28.5 Å². The predicted octanol–water partition coefficient (Wildman–Crippen LogP) is 0.939. The topological polar surface area (TPSA) is 78.0 Å². The van der Waals surface area contributed by atoms with Crippen molar-refractivity contribution in [3.05, 3.63) is 41.5 Å². The summed E-state index contributed by atoms with van der Waals surface area (Å²) < 4.78 is 7.08. The number of rotatable bonds is 5. The fourth-order valence-corrected chi connectivity index (χ4v) is 2.21. The lowest BCUT2D eigenvalue weighted by Crippen LogP contribution is -2.32. The Hall–Kier alpha value is -1.92. The van der Waals surface area contributed by atoms with Crippen LogP contribution in [0.15, 0.2) is 24.5 Å². The van der Waals surface area contributed by atoms with E-state index in [1.54, 1.807) is 24.2 Å². The van der Waals surface area contributed by atoms with Crippen molar-refractivity contribution >= 4 is 0 Å². The smallest absolute Gasteiger partial charge is 0.162 e. The van der Waals surface area contributed by atoms with E-state index >= 15 is 0 Å². The molecular weight excluding hydrogens is 242 g/mol. The van der Waals surface area contributed by atoms with Gasteiger partial charge in [0.25, 0.3) is 0 Å². The van der Waals surface area contributed by atoms with E-state index in [9.17, 15) is 0 Å². The molecule has 102 valence electrons. The van der Waals surface area contributed by atoms with Gasteiger partial charge in [-0.25, -0.2) is 5.43 Å². The molecule has 0 amide bonds. The van der Waals surface area contributed by atoms with E-state index in [4.69, 9.17) is 10.6 Å². The van der Waals surface area contributed by atoms with Crippen molar-refractivity contribution in [2.45, 2.75) is 19.4 Å². The number of nitrogens with two attached hydrogens (primary N) is 1. The number of aryl methyl sites for hydroxylation is 2. The summed E-state index contributed by atoms with van der Waals surface area (Å²) in [7, 11) is 3.48. The van der Waals surface area contributed by atoms with Gasteiger partial charge >= 0.3 is 0 Å². The lowest BCUT2D eigenvalue weighted by molar-refractivity contribution is 0.400. The van der Waals surface area contributed by atoms with Crippen LogP contribution in [0.2, 0.25) is 0 Å². The third kappa shape index (κ3) is 2.45. The summed E-state index contributed by atoms with van der Waals surface area (Å²) in [6, 6.07) is 3.73. The summed E-state index contributed by atoms with van der Waals surface area (Å²) in [5.74, 6) is 6.42. The summed E-state index contributed by atoms with van der Waals surface area (Å²) in [5, 5.41) is 4.21. The molecule has 0 bridgehead atoms. The van der Waals surface area contributed by atoms with Crippen molar-refractivity contribution in [2.24, 2.45) is 12.9 Å². The van der Waals surface area contributed by atoms with Crippen molar-refractivity contribution in [3.8, 4) is 5.75 Å². The predicted molar refractivity (Wildman–Crippen MR) is 72.5 cm³/mol. The van der Waals surface area contributed by atoms with Gasteiger partial charge in [0.1, 0.15) is 11.7 Å². The average Bonchev–Trinajstić information content (AvgIpc) is 2.82. The molecule has 2 rings (SSSR count). The molecule has 0 fully saturated rings. The quantitative estimate of drug-likeness (QED) is 0.618. The maximum absolute atomic E-state index is 5.73. The second kappa shape index (κ2) is 5.81. The Bertz CT molecular complexity index is 552. The Morgan fingerprint density at radius 1 is 1.53 bits per heavy atom. The molecule has 19 heavy (non-hydrogen) atoms. The first-order valence-electron chi connectivity index (χ1n) is 6.18. The van der Waals surface area contributed by atoms with E-state index in [0.29, 0.717) is 5.75 Å². The Kier molecular flexibility index (Phi) is 4.13. The molecule has 6 nitrogen and oxygen atoms in total. The highest BCUT2D eigenvalue weighted by Gasteiger charge is 2.24. The highest BCUT2D eigenvalue weighted by atomic mass is 16.5. The minimum Gasteiger partial charge on any atom is -0.493 e. The molecule has 0 radical (unpaired) electrons. The molecule has 0 aliphatic heterocycles. The number of pyridine rings is 1. The van der Waals surface area contributed by atoms with Crippen LogP contribution in [0, 0.1) is 0 Å². The zero-order chi connectivity index (χ0) is 13.8. The van der Waals surface area contributed by atoms with Crippen LogP contribution < -0.4 is 16.0 Å². The van der Waals surface area contributed by atoms with Gasteiger partial charge in [-0.05, 0) is 18.1 Å². The SMILES string of the molecule is CCc1cccnc1C(NN)c1c(OC)cnn1C. The number of aromatic nitrogens is 3. The third-order valence-corrected chi connectivity index (χ3v) is 3.19. The van der Waals surface area contributed by atoms with Crippen molar-refractivity contribution in [2.75, 3.05) is 7.11 Å². The number of nitrogens with zero attached hydrogens (tertiary/aromatic N) is 3. The normalized spacial score (nSPS) is 12.4. The third-order valence-electron chi connectivity index (χ3n) is 3.19. The zero-order valence-electron chi connectivity index (χ0n) is 11.4. The number of hydrazine groups is 1. The first-order chi connectivity index (χ1) is 9.22. The van der Waals surface area contributed by atoms with Crippen LogP contribution >= 0.6 is 0 Å². The van der Waals surface area contributed by atoms with Gasteiger partial charge in [0.15, 0.2) is 5.75 Å². The van der Waals surface area contributed by atoms with Crippen LogP contribution in [0.3, 0.4) is 0 Å². The second-order valence-electron chi connectivity index (χ2n) is 4.22. The number of nitrogens with one attached hydrogen (secondary N) is 1. The van der Waals surface area contributed by atoms with Crippen LogP contribution in [0.25, 0.3) is 0 Å². The lowest BCUT2D eigenvalue weighted by Gasteiger charge is -2.19. The van der Waals surface area contributed by atoms with Crippen LogP contribution in [0.5, 0.6) is 5.75 Å². The number of ether oxygens (including phenoxy) is 1. The highest BCUT2D eigenvalue weighted by molar-refractivity contribution is 5.36. The van der Waals surface area contributed by atoms with Gasteiger partial charge in [-0.15, -0.1) is 0 Å². The molecule has 2 aromatic heterocycles. The van der Waals surface area contributed by atoms with Gasteiger partial charge in [-0.1, -0.05) is 13.0 Å². The molecule has 0 spiro atoms. The van der Waals surface area contributed by atoms with Gasteiger partial charge in [-0.3, -0.25) is 15.5 Å². The van der Waals surface area contributed by atoms with Crippen molar-refractivity contribution in [1.82, 2.24) is 20.2 Å². The molecule has 3 N–H and O–H groups in total. The molecule has 0 aromatic carbocycles. The largest absolute Gasteiger partial charge is 0.493 e. The number of hydrogen-bond donors (Lipinski definition) is 2. The van der Waals surface area contributed by atoms with Gasteiger partial charge in [-0.2, -0.15) is 5.10 Å². The number of hydrogen-bond acceptors (Lipinski definition) is 5. The Balaban J connectivity index is 2.53. The van der Waals surface area contributed by atoms with Crippen molar-refractivity contribution in [1.29, 1.82) is 0 Å². The maximum atomic E-state index is 5.73.